The SMILES string of the molecule is CN(c1ccc(-c2ccc(-n3nccn3)cc2O)nn1)[C@@H]1C[C@H]2CCC[C@@H]([C@@H]1F)N2C(=O)O. The number of alkyl halides is 1. The lowest BCUT2D eigenvalue weighted by molar-refractivity contribution is -0.0127. The number of halogens is 1. The van der Waals surface area contributed by atoms with Crippen molar-refractivity contribution in [2.45, 2.75) is 50.0 Å². The molecule has 2 saturated heterocycles. The molecule has 2 aliphatic rings. The monoisotopic (exact) mass is 453 g/mol. The minimum absolute atomic E-state index is 0.0119. The van der Waals surface area contributed by atoms with Crippen molar-refractivity contribution >= 4 is 11.9 Å². The van der Waals surface area contributed by atoms with Gasteiger partial charge in [-0.1, -0.05) is 0 Å². The van der Waals surface area contributed by atoms with Crippen molar-refractivity contribution in [3.63, 3.8) is 0 Å². The molecule has 1 aromatic carbocycles. The molecular weight excluding hydrogens is 429 g/mol. The van der Waals surface area contributed by atoms with E-state index in [0.29, 0.717) is 35.6 Å². The molecule has 2 aromatic heterocycles. The number of rotatable bonds is 4. The standard InChI is InChI=1S/C22H24FN7O3/c1-28(18-11-13-3-2-4-17(21(18)23)29(13)22(32)33)20-8-7-16(26-27-20)15-6-5-14(12-19(15)31)30-24-9-10-25-30/h5-10,12-13,17-18,21,31H,2-4,11H2,1H3,(H,32,33)/t13-,17+,18-,21+/m1/s1. The average molecular weight is 453 g/mol. The van der Waals surface area contributed by atoms with Crippen LogP contribution in [0.15, 0.2) is 42.7 Å². The summed E-state index contributed by atoms with van der Waals surface area (Å²) in [7, 11) is 1.76. The molecule has 33 heavy (non-hydrogen) atoms. The summed E-state index contributed by atoms with van der Waals surface area (Å²) in [6, 6.07) is 7.17. The number of fused-ring (bicyclic) bond motifs is 2. The second kappa shape index (κ2) is 8.30. The van der Waals surface area contributed by atoms with Gasteiger partial charge in [0.15, 0.2) is 5.82 Å². The van der Waals surface area contributed by atoms with Gasteiger partial charge in [0, 0.05) is 24.7 Å². The van der Waals surface area contributed by atoms with E-state index < -0.39 is 24.3 Å². The Labute approximate surface area is 189 Å². The van der Waals surface area contributed by atoms with Crippen molar-refractivity contribution in [2.24, 2.45) is 0 Å². The second-order valence-corrected chi connectivity index (χ2v) is 8.50. The van der Waals surface area contributed by atoms with Gasteiger partial charge >= 0.3 is 6.09 Å². The lowest BCUT2D eigenvalue weighted by atomic mass is 9.80. The number of amides is 1. The van der Waals surface area contributed by atoms with E-state index in [-0.39, 0.29) is 11.8 Å². The zero-order chi connectivity index (χ0) is 23.1. The summed E-state index contributed by atoms with van der Waals surface area (Å²) in [5, 5.41) is 36.6. The Morgan fingerprint density at radius 2 is 1.94 bits per heavy atom. The number of piperidine rings is 2. The molecule has 172 valence electrons. The average Bonchev–Trinajstić information content (AvgIpc) is 3.36. The van der Waals surface area contributed by atoms with Crippen LogP contribution >= 0.6 is 0 Å². The molecule has 5 rings (SSSR count). The van der Waals surface area contributed by atoms with Crippen LogP contribution < -0.4 is 4.90 Å². The molecule has 0 aliphatic carbocycles. The summed E-state index contributed by atoms with van der Waals surface area (Å²) < 4.78 is 15.4. The van der Waals surface area contributed by atoms with Crippen molar-refractivity contribution in [1.29, 1.82) is 0 Å². The Bertz CT molecular complexity index is 1140. The Hall–Kier alpha value is -3.76. The summed E-state index contributed by atoms with van der Waals surface area (Å²) in [5.74, 6) is 0.503. The summed E-state index contributed by atoms with van der Waals surface area (Å²) in [4.78, 5) is 16.1. The maximum absolute atomic E-state index is 15.4. The van der Waals surface area contributed by atoms with Crippen LogP contribution in [0.2, 0.25) is 0 Å². The number of phenols is 1. The first-order valence-corrected chi connectivity index (χ1v) is 10.9. The first-order chi connectivity index (χ1) is 15.9. The molecule has 1 amide bonds. The van der Waals surface area contributed by atoms with E-state index in [1.165, 1.54) is 9.70 Å². The number of aromatic nitrogens is 5. The van der Waals surface area contributed by atoms with Gasteiger partial charge in [-0.3, -0.25) is 4.90 Å². The normalized spacial score (nSPS) is 24.5. The quantitative estimate of drug-likeness (QED) is 0.619. The van der Waals surface area contributed by atoms with Crippen molar-refractivity contribution in [3.05, 3.63) is 42.7 Å². The van der Waals surface area contributed by atoms with E-state index in [1.807, 2.05) is 0 Å². The van der Waals surface area contributed by atoms with Gasteiger partial charge < -0.3 is 15.1 Å². The molecule has 4 heterocycles. The number of phenolic OH excluding ortho intramolecular Hbond substituents is 1. The molecule has 0 radical (unpaired) electrons. The molecule has 2 bridgehead atoms. The van der Waals surface area contributed by atoms with Crippen LogP contribution in [-0.2, 0) is 0 Å². The maximum Gasteiger partial charge on any atom is 0.407 e. The van der Waals surface area contributed by atoms with Crippen LogP contribution in [0.25, 0.3) is 16.9 Å². The molecule has 0 saturated carbocycles. The number of aromatic hydroxyl groups is 1. The highest BCUT2D eigenvalue weighted by Gasteiger charge is 2.49. The third-order valence-electron chi connectivity index (χ3n) is 6.67. The fraction of sp³-hybridized carbons (Fsp3) is 0.409. The van der Waals surface area contributed by atoms with Gasteiger partial charge in [-0.2, -0.15) is 15.0 Å². The number of carbonyl (C=O) groups is 1. The lowest BCUT2D eigenvalue weighted by Crippen LogP contribution is -2.64. The number of hydrogen-bond acceptors (Lipinski definition) is 7. The van der Waals surface area contributed by atoms with E-state index >= 15 is 4.39 Å². The zero-order valence-corrected chi connectivity index (χ0v) is 18.0. The maximum atomic E-state index is 15.4. The van der Waals surface area contributed by atoms with Gasteiger partial charge in [0.1, 0.15) is 11.9 Å². The second-order valence-electron chi connectivity index (χ2n) is 8.50. The van der Waals surface area contributed by atoms with Gasteiger partial charge in [0.05, 0.1) is 35.9 Å². The third-order valence-corrected chi connectivity index (χ3v) is 6.67. The number of hydrogen-bond donors (Lipinski definition) is 2. The minimum Gasteiger partial charge on any atom is -0.507 e. The lowest BCUT2D eigenvalue weighted by Gasteiger charge is -2.51. The number of anilines is 1. The number of benzene rings is 1. The highest BCUT2D eigenvalue weighted by Crippen LogP contribution is 2.38. The van der Waals surface area contributed by atoms with Crippen LogP contribution in [0.3, 0.4) is 0 Å². The molecule has 2 fully saturated rings. The van der Waals surface area contributed by atoms with Gasteiger partial charge in [-0.05, 0) is 49.9 Å². The first-order valence-electron chi connectivity index (χ1n) is 10.9. The van der Waals surface area contributed by atoms with Crippen LogP contribution in [-0.4, -0.2) is 77.7 Å². The minimum atomic E-state index is -1.31. The Morgan fingerprint density at radius 3 is 2.61 bits per heavy atom. The predicted octanol–water partition coefficient (Wildman–Crippen LogP) is 2.88. The van der Waals surface area contributed by atoms with E-state index in [0.717, 1.165) is 12.8 Å². The fourth-order valence-corrected chi connectivity index (χ4v) is 5.03. The molecule has 2 aliphatic heterocycles. The van der Waals surface area contributed by atoms with Gasteiger partial charge in [-0.15, -0.1) is 10.2 Å². The molecule has 0 unspecified atom stereocenters. The third kappa shape index (κ3) is 3.73. The molecule has 10 nitrogen and oxygen atoms in total. The van der Waals surface area contributed by atoms with E-state index in [1.54, 1.807) is 54.7 Å². The van der Waals surface area contributed by atoms with Crippen molar-refractivity contribution < 1.29 is 19.4 Å². The fourth-order valence-electron chi connectivity index (χ4n) is 5.03. The molecule has 3 aromatic rings. The number of carboxylic acid groups (broad SMARTS) is 1. The van der Waals surface area contributed by atoms with Crippen LogP contribution in [0.4, 0.5) is 15.0 Å². The van der Waals surface area contributed by atoms with E-state index in [2.05, 4.69) is 20.4 Å². The molecule has 11 heteroatoms. The van der Waals surface area contributed by atoms with Crippen LogP contribution in [0, 0.1) is 0 Å². The van der Waals surface area contributed by atoms with Crippen molar-refractivity contribution in [2.75, 3.05) is 11.9 Å². The Balaban J connectivity index is 1.35. The van der Waals surface area contributed by atoms with E-state index in [9.17, 15) is 15.0 Å². The Morgan fingerprint density at radius 1 is 1.15 bits per heavy atom. The molecule has 0 spiro atoms. The van der Waals surface area contributed by atoms with Crippen molar-refractivity contribution in [1.82, 2.24) is 30.1 Å². The largest absolute Gasteiger partial charge is 0.507 e. The number of nitrogens with zero attached hydrogens (tertiary/aromatic N) is 7. The molecular formula is C22H24FN7O3. The molecule has 2 N–H and O–H groups in total. The topological polar surface area (TPSA) is 121 Å². The predicted molar refractivity (Wildman–Crippen MR) is 117 cm³/mol. The van der Waals surface area contributed by atoms with E-state index in [4.69, 9.17) is 0 Å². The van der Waals surface area contributed by atoms with Gasteiger partial charge in [0.25, 0.3) is 0 Å². The Kier molecular flexibility index (Phi) is 5.31. The summed E-state index contributed by atoms with van der Waals surface area (Å²) in [6.07, 6.45) is 3.26. The first kappa shape index (κ1) is 21.1. The smallest absolute Gasteiger partial charge is 0.407 e. The summed E-state index contributed by atoms with van der Waals surface area (Å²) in [6.45, 7) is 0. The van der Waals surface area contributed by atoms with Crippen LogP contribution in [0.1, 0.15) is 25.7 Å². The van der Waals surface area contributed by atoms with Gasteiger partial charge in [-0.25, -0.2) is 9.18 Å². The summed E-state index contributed by atoms with van der Waals surface area (Å²) >= 11 is 0. The van der Waals surface area contributed by atoms with Gasteiger partial charge in [0.2, 0.25) is 0 Å². The highest BCUT2D eigenvalue weighted by molar-refractivity contribution is 5.69. The van der Waals surface area contributed by atoms with Crippen molar-refractivity contribution in [3.8, 4) is 22.7 Å². The van der Waals surface area contributed by atoms with Crippen LogP contribution in [0.5, 0.6) is 5.75 Å². The zero-order valence-electron chi connectivity index (χ0n) is 18.0. The molecule has 4 atom stereocenters. The highest BCUT2D eigenvalue weighted by atomic mass is 19.1. The summed E-state index contributed by atoms with van der Waals surface area (Å²) in [5.41, 5.74) is 1.58.